The monoisotopic (exact) mass is 375 g/mol. The van der Waals surface area contributed by atoms with Crippen LogP contribution in [0.15, 0.2) is 53.3 Å². The van der Waals surface area contributed by atoms with Crippen molar-refractivity contribution in [3.05, 3.63) is 70.0 Å². The Kier molecular flexibility index (Phi) is 4.15. The maximum Gasteiger partial charge on any atom is 0.416 e. The number of halogens is 3. The second kappa shape index (κ2) is 6.38. The molecule has 1 aromatic heterocycles. The van der Waals surface area contributed by atoms with Crippen molar-refractivity contribution in [1.29, 1.82) is 0 Å². The highest BCUT2D eigenvalue weighted by Crippen LogP contribution is 2.37. The molecular weight excluding hydrogens is 359 g/mol. The van der Waals surface area contributed by atoms with E-state index in [0.29, 0.717) is 16.5 Å². The topological polar surface area (TPSA) is 69.2 Å². The van der Waals surface area contributed by atoms with Gasteiger partial charge in [0.2, 0.25) is 5.95 Å². The van der Waals surface area contributed by atoms with Crippen molar-refractivity contribution < 1.29 is 18.3 Å². The molecule has 5 nitrogen and oxygen atoms in total. The highest BCUT2D eigenvalue weighted by Gasteiger charge is 2.36. The standard InChI is InChI=1S/C19H16F3N3O2/c20-19(21,22)12-5-3-4-11(8-12)16-9-13(26)10-25(16)18-23-15-7-2-1-6-14(15)17(27)24-18/h1-8,13,16,26H,9-10H2,(H,23,24,27)/t13-,16-/m0/s1. The number of aliphatic hydroxyl groups excluding tert-OH is 1. The smallest absolute Gasteiger partial charge is 0.391 e. The molecule has 8 heteroatoms. The number of aromatic amines is 1. The lowest BCUT2D eigenvalue weighted by Crippen LogP contribution is -2.28. The summed E-state index contributed by atoms with van der Waals surface area (Å²) in [5, 5.41) is 10.5. The first-order valence-corrected chi connectivity index (χ1v) is 8.44. The molecule has 2 atom stereocenters. The lowest BCUT2D eigenvalue weighted by Gasteiger charge is -2.25. The van der Waals surface area contributed by atoms with E-state index >= 15 is 0 Å². The van der Waals surface area contributed by atoms with Gasteiger partial charge in [0.25, 0.3) is 5.56 Å². The van der Waals surface area contributed by atoms with E-state index in [4.69, 9.17) is 0 Å². The van der Waals surface area contributed by atoms with E-state index in [-0.39, 0.29) is 24.5 Å². The first-order valence-electron chi connectivity index (χ1n) is 8.44. The Morgan fingerprint density at radius 3 is 2.70 bits per heavy atom. The zero-order valence-corrected chi connectivity index (χ0v) is 14.1. The van der Waals surface area contributed by atoms with E-state index in [1.807, 2.05) is 0 Å². The van der Waals surface area contributed by atoms with Crippen molar-refractivity contribution in [2.75, 3.05) is 11.4 Å². The largest absolute Gasteiger partial charge is 0.416 e. The Morgan fingerprint density at radius 2 is 1.93 bits per heavy atom. The Labute approximate surface area is 152 Å². The van der Waals surface area contributed by atoms with Gasteiger partial charge in [-0.25, -0.2) is 4.98 Å². The number of nitrogens with one attached hydrogen (secondary N) is 1. The van der Waals surface area contributed by atoms with Gasteiger partial charge in [0.15, 0.2) is 0 Å². The molecule has 2 N–H and O–H groups in total. The molecule has 1 aliphatic rings. The first kappa shape index (κ1) is 17.5. The Balaban J connectivity index is 1.78. The second-order valence-corrected chi connectivity index (χ2v) is 6.59. The number of rotatable bonds is 2. The third-order valence-corrected chi connectivity index (χ3v) is 4.75. The number of aliphatic hydroxyl groups is 1. The predicted octanol–water partition coefficient (Wildman–Crippen LogP) is 3.25. The van der Waals surface area contributed by atoms with Crippen LogP contribution in [0.5, 0.6) is 0 Å². The summed E-state index contributed by atoms with van der Waals surface area (Å²) < 4.78 is 39.2. The van der Waals surface area contributed by atoms with Gasteiger partial charge in [-0.05, 0) is 36.2 Å². The van der Waals surface area contributed by atoms with Crippen LogP contribution < -0.4 is 10.5 Å². The van der Waals surface area contributed by atoms with Crippen molar-refractivity contribution in [2.45, 2.75) is 24.7 Å². The van der Waals surface area contributed by atoms with Gasteiger partial charge in [0.05, 0.1) is 28.6 Å². The number of β-amino-alcohol motifs (C(OH)–C–C–N with tert-alkyl or cyclic N) is 1. The van der Waals surface area contributed by atoms with E-state index in [1.54, 1.807) is 35.2 Å². The molecule has 1 aliphatic heterocycles. The molecule has 0 aliphatic carbocycles. The number of para-hydroxylation sites is 1. The van der Waals surface area contributed by atoms with Crippen LogP contribution in [-0.4, -0.2) is 27.7 Å². The zero-order valence-electron chi connectivity index (χ0n) is 14.1. The van der Waals surface area contributed by atoms with Crippen LogP contribution in [0, 0.1) is 0 Å². The fourth-order valence-corrected chi connectivity index (χ4v) is 3.50. The minimum Gasteiger partial charge on any atom is -0.391 e. The predicted molar refractivity (Wildman–Crippen MR) is 94.5 cm³/mol. The number of benzene rings is 2. The summed E-state index contributed by atoms with van der Waals surface area (Å²) >= 11 is 0. The molecule has 0 saturated carbocycles. The summed E-state index contributed by atoms with van der Waals surface area (Å²) in [6.07, 6.45) is -4.94. The Bertz CT molecular complexity index is 1050. The third kappa shape index (κ3) is 3.28. The minimum atomic E-state index is -4.45. The van der Waals surface area contributed by atoms with Crippen molar-refractivity contribution >= 4 is 16.9 Å². The number of H-pyrrole nitrogens is 1. The number of anilines is 1. The average Bonchev–Trinajstić information content (AvgIpc) is 3.03. The molecule has 2 aromatic carbocycles. The van der Waals surface area contributed by atoms with Crippen LogP contribution in [0.1, 0.15) is 23.6 Å². The molecule has 1 saturated heterocycles. The van der Waals surface area contributed by atoms with Crippen molar-refractivity contribution in [3.63, 3.8) is 0 Å². The van der Waals surface area contributed by atoms with Gasteiger partial charge >= 0.3 is 6.18 Å². The highest BCUT2D eigenvalue weighted by atomic mass is 19.4. The summed E-state index contributed by atoms with van der Waals surface area (Å²) in [4.78, 5) is 21.1. The van der Waals surface area contributed by atoms with E-state index in [1.165, 1.54) is 6.07 Å². The summed E-state index contributed by atoms with van der Waals surface area (Å²) in [6.45, 7) is 0.169. The van der Waals surface area contributed by atoms with E-state index in [0.717, 1.165) is 12.1 Å². The first-order chi connectivity index (χ1) is 12.8. The van der Waals surface area contributed by atoms with Crippen LogP contribution in [-0.2, 0) is 6.18 Å². The second-order valence-electron chi connectivity index (χ2n) is 6.59. The maximum absolute atomic E-state index is 13.1. The summed E-state index contributed by atoms with van der Waals surface area (Å²) in [6, 6.07) is 11.3. The van der Waals surface area contributed by atoms with Gasteiger partial charge in [-0.3, -0.25) is 9.78 Å². The van der Waals surface area contributed by atoms with Crippen LogP contribution in [0.25, 0.3) is 10.9 Å². The molecule has 0 spiro atoms. The summed E-state index contributed by atoms with van der Waals surface area (Å²) in [5.74, 6) is 0.234. The molecule has 3 aromatic rings. The summed E-state index contributed by atoms with van der Waals surface area (Å²) in [5.41, 5.74) is -0.182. The highest BCUT2D eigenvalue weighted by molar-refractivity contribution is 5.78. The Morgan fingerprint density at radius 1 is 1.15 bits per heavy atom. The number of hydrogen-bond donors (Lipinski definition) is 2. The summed E-state index contributed by atoms with van der Waals surface area (Å²) in [7, 11) is 0. The van der Waals surface area contributed by atoms with Gasteiger partial charge in [0, 0.05) is 6.54 Å². The molecule has 140 valence electrons. The van der Waals surface area contributed by atoms with E-state index in [2.05, 4.69) is 9.97 Å². The van der Waals surface area contributed by atoms with Gasteiger partial charge in [-0.15, -0.1) is 0 Å². The average molecular weight is 375 g/mol. The number of aromatic nitrogens is 2. The Hall–Kier alpha value is -2.87. The number of alkyl halides is 3. The molecule has 2 heterocycles. The molecule has 0 amide bonds. The molecule has 0 unspecified atom stereocenters. The van der Waals surface area contributed by atoms with Crippen molar-refractivity contribution in [1.82, 2.24) is 9.97 Å². The lowest BCUT2D eigenvalue weighted by atomic mass is 10.0. The molecule has 1 fully saturated rings. The van der Waals surface area contributed by atoms with Crippen LogP contribution in [0.2, 0.25) is 0 Å². The maximum atomic E-state index is 13.1. The fourth-order valence-electron chi connectivity index (χ4n) is 3.50. The quantitative estimate of drug-likeness (QED) is 0.722. The SMILES string of the molecule is O=c1[nH]c(N2C[C@@H](O)C[C@H]2c2cccc(C(F)(F)F)c2)nc2ccccc12. The van der Waals surface area contributed by atoms with E-state index in [9.17, 15) is 23.1 Å². The minimum absolute atomic E-state index is 0.169. The number of nitrogens with zero attached hydrogens (tertiary/aromatic N) is 2. The molecule has 27 heavy (non-hydrogen) atoms. The number of fused-ring (bicyclic) bond motifs is 1. The molecule has 4 rings (SSSR count). The van der Waals surface area contributed by atoms with Crippen molar-refractivity contribution in [2.24, 2.45) is 0 Å². The molecule has 0 radical (unpaired) electrons. The zero-order chi connectivity index (χ0) is 19.2. The third-order valence-electron chi connectivity index (χ3n) is 4.75. The van der Waals surface area contributed by atoms with Gasteiger partial charge < -0.3 is 10.0 Å². The van der Waals surface area contributed by atoms with E-state index < -0.39 is 23.9 Å². The van der Waals surface area contributed by atoms with Crippen LogP contribution in [0.3, 0.4) is 0 Å². The molecule has 0 bridgehead atoms. The lowest BCUT2D eigenvalue weighted by molar-refractivity contribution is -0.137. The normalized spacial score (nSPS) is 20.4. The van der Waals surface area contributed by atoms with Gasteiger partial charge in [-0.2, -0.15) is 13.2 Å². The fraction of sp³-hybridized carbons (Fsp3) is 0.263. The van der Waals surface area contributed by atoms with Gasteiger partial charge in [-0.1, -0.05) is 24.3 Å². The van der Waals surface area contributed by atoms with Gasteiger partial charge in [0.1, 0.15) is 0 Å². The van der Waals surface area contributed by atoms with Crippen LogP contribution >= 0.6 is 0 Å². The molecular formula is C19H16F3N3O2. The van der Waals surface area contributed by atoms with Crippen LogP contribution in [0.4, 0.5) is 19.1 Å². The number of hydrogen-bond acceptors (Lipinski definition) is 4. The van der Waals surface area contributed by atoms with Crippen molar-refractivity contribution in [3.8, 4) is 0 Å².